The highest BCUT2D eigenvalue weighted by molar-refractivity contribution is 5.72. The summed E-state index contributed by atoms with van der Waals surface area (Å²) in [6, 6.07) is 5.78. The van der Waals surface area contributed by atoms with Gasteiger partial charge in [0.05, 0.1) is 13.5 Å². The fourth-order valence-electron chi connectivity index (χ4n) is 2.24. The van der Waals surface area contributed by atoms with Crippen molar-refractivity contribution in [1.29, 1.82) is 0 Å². The standard InChI is InChI=1S/C13H17NO3/c1-17-12-5-4-11(14-6-2-3-7-14)8-10(12)9-13(15)16/h4-5,8H,2-3,6-7,9H2,1H3,(H,15,16). The van der Waals surface area contributed by atoms with Gasteiger partial charge in [0.25, 0.3) is 0 Å². The van der Waals surface area contributed by atoms with Gasteiger partial charge in [0, 0.05) is 24.3 Å². The van der Waals surface area contributed by atoms with Gasteiger partial charge in [0.2, 0.25) is 0 Å². The number of anilines is 1. The van der Waals surface area contributed by atoms with Crippen LogP contribution in [0.3, 0.4) is 0 Å². The zero-order valence-electron chi connectivity index (χ0n) is 9.98. The van der Waals surface area contributed by atoms with Crippen LogP contribution in [-0.2, 0) is 11.2 Å². The van der Waals surface area contributed by atoms with E-state index in [1.807, 2.05) is 18.2 Å². The molecule has 0 amide bonds. The Labute approximate surface area is 101 Å². The summed E-state index contributed by atoms with van der Waals surface area (Å²) in [5, 5.41) is 8.87. The van der Waals surface area contributed by atoms with Gasteiger partial charge in [-0.1, -0.05) is 0 Å². The molecule has 1 saturated heterocycles. The van der Waals surface area contributed by atoms with E-state index >= 15 is 0 Å². The maximum absolute atomic E-state index is 10.8. The van der Waals surface area contributed by atoms with Crippen molar-refractivity contribution in [3.8, 4) is 5.75 Å². The van der Waals surface area contributed by atoms with Crippen LogP contribution in [0.5, 0.6) is 5.75 Å². The molecule has 1 aliphatic rings. The zero-order valence-corrected chi connectivity index (χ0v) is 9.98. The van der Waals surface area contributed by atoms with E-state index in [4.69, 9.17) is 9.84 Å². The lowest BCUT2D eigenvalue weighted by Crippen LogP contribution is -2.18. The van der Waals surface area contributed by atoms with Crippen LogP contribution in [0.2, 0.25) is 0 Å². The van der Waals surface area contributed by atoms with Crippen molar-refractivity contribution in [2.45, 2.75) is 19.3 Å². The number of hydrogen-bond donors (Lipinski definition) is 1. The minimum atomic E-state index is -0.832. The highest BCUT2D eigenvalue weighted by atomic mass is 16.5. The Balaban J connectivity index is 2.26. The quantitative estimate of drug-likeness (QED) is 0.866. The summed E-state index contributed by atoms with van der Waals surface area (Å²) in [5.41, 5.74) is 1.84. The number of carboxylic acid groups (broad SMARTS) is 1. The predicted molar refractivity (Wildman–Crippen MR) is 65.8 cm³/mol. The van der Waals surface area contributed by atoms with Crippen LogP contribution < -0.4 is 9.64 Å². The van der Waals surface area contributed by atoms with E-state index in [-0.39, 0.29) is 6.42 Å². The first-order valence-corrected chi connectivity index (χ1v) is 5.84. The van der Waals surface area contributed by atoms with Crippen molar-refractivity contribution in [1.82, 2.24) is 0 Å². The molecule has 4 nitrogen and oxygen atoms in total. The van der Waals surface area contributed by atoms with E-state index in [1.54, 1.807) is 7.11 Å². The van der Waals surface area contributed by atoms with E-state index in [2.05, 4.69) is 4.90 Å². The first-order chi connectivity index (χ1) is 8.20. The highest BCUT2D eigenvalue weighted by Gasteiger charge is 2.15. The Bertz CT molecular complexity index is 411. The van der Waals surface area contributed by atoms with Gasteiger partial charge in [-0.05, 0) is 31.0 Å². The average Bonchev–Trinajstić information content (AvgIpc) is 2.81. The molecule has 2 rings (SSSR count). The number of carboxylic acids is 1. The first-order valence-electron chi connectivity index (χ1n) is 5.84. The van der Waals surface area contributed by atoms with Gasteiger partial charge in [0.15, 0.2) is 0 Å². The molecule has 0 unspecified atom stereocenters. The number of nitrogens with zero attached hydrogens (tertiary/aromatic N) is 1. The van der Waals surface area contributed by atoms with Crippen molar-refractivity contribution < 1.29 is 14.6 Å². The molecule has 92 valence electrons. The zero-order chi connectivity index (χ0) is 12.3. The van der Waals surface area contributed by atoms with Crippen LogP contribution in [0, 0.1) is 0 Å². The molecule has 1 aromatic carbocycles. The summed E-state index contributed by atoms with van der Waals surface area (Å²) < 4.78 is 5.18. The molecule has 1 fully saturated rings. The molecule has 1 aromatic rings. The molecular weight excluding hydrogens is 218 g/mol. The fraction of sp³-hybridized carbons (Fsp3) is 0.462. The van der Waals surface area contributed by atoms with Crippen molar-refractivity contribution >= 4 is 11.7 Å². The molecule has 0 bridgehead atoms. The minimum Gasteiger partial charge on any atom is -0.496 e. The van der Waals surface area contributed by atoms with E-state index in [0.717, 1.165) is 24.3 Å². The normalized spacial score (nSPS) is 15.0. The summed E-state index contributed by atoms with van der Waals surface area (Å²) in [5.74, 6) is -0.183. The minimum absolute atomic E-state index is 0.00481. The van der Waals surface area contributed by atoms with Gasteiger partial charge in [-0.2, -0.15) is 0 Å². The van der Waals surface area contributed by atoms with Crippen LogP contribution in [0.1, 0.15) is 18.4 Å². The molecule has 0 radical (unpaired) electrons. The maximum atomic E-state index is 10.8. The Hall–Kier alpha value is -1.71. The molecule has 0 saturated carbocycles. The fourth-order valence-corrected chi connectivity index (χ4v) is 2.24. The monoisotopic (exact) mass is 235 g/mol. The van der Waals surface area contributed by atoms with Crippen molar-refractivity contribution in [3.63, 3.8) is 0 Å². The van der Waals surface area contributed by atoms with E-state index in [0.29, 0.717) is 5.75 Å². The van der Waals surface area contributed by atoms with Gasteiger partial charge in [-0.3, -0.25) is 4.79 Å². The van der Waals surface area contributed by atoms with Gasteiger partial charge in [-0.15, -0.1) is 0 Å². The van der Waals surface area contributed by atoms with E-state index in [1.165, 1.54) is 12.8 Å². The first kappa shape index (κ1) is 11.8. The second-order valence-corrected chi connectivity index (χ2v) is 4.26. The number of aliphatic carboxylic acids is 1. The third-order valence-electron chi connectivity index (χ3n) is 3.08. The third kappa shape index (κ3) is 2.70. The van der Waals surface area contributed by atoms with Gasteiger partial charge in [-0.25, -0.2) is 0 Å². The molecule has 0 aliphatic carbocycles. The number of carbonyl (C=O) groups is 1. The molecule has 4 heteroatoms. The topological polar surface area (TPSA) is 49.8 Å². The van der Waals surface area contributed by atoms with Crippen molar-refractivity contribution in [3.05, 3.63) is 23.8 Å². The number of benzene rings is 1. The second kappa shape index (κ2) is 5.08. The molecule has 0 spiro atoms. The molecule has 0 aromatic heterocycles. The van der Waals surface area contributed by atoms with Crippen LogP contribution in [0.25, 0.3) is 0 Å². The Morgan fingerprint density at radius 2 is 2.12 bits per heavy atom. The lowest BCUT2D eigenvalue weighted by molar-refractivity contribution is -0.136. The largest absolute Gasteiger partial charge is 0.496 e. The van der Waals surface area contributed by atoms with Crippen LogP contribution >= 0.6 is 0 Å². The Kier molecular flexibility index (Phi) is 3.52. The van der Waals surface area contributed by atoms with Gasteiger partial charge in [0.1, 0.15) is 5.75 Å². The predicted octanol–water partition coefficient (Wildman–Crippen LogP) is 1.92. The number of ether oxygens (including phenoxy) is 1. The van der Waals surface area contributed by atoms with Crippen molar-refractivity contribution in [2.24, 2.45) is 0 Å². The SMILES string of the molecule is COc1ccc(N2CCCC2)cc1CC(=O)O. The Morgan fingerprint density at radius 3 is 2.71 bits per heavy atom. The highest BCUT2D eigenvalue weighted by Crippen LogP contribution is 2.27. The van der Waals surface area contributed by atoms with E-state index < -0.39 is 5.97 Å². The van der Waals surface area contributed by atoms with E-state index in [9.17, 15) is 4.79 Å². The average molecular weight is 235 g/mol. The molecular formula is C13H17NO3. The Morgan fingerprint density at radius 1 is 1.41 bits per heavy atom. The smallest absolute Gasteiger partial charge is 0.307 e. The number of hydrogen-bond acceptors (Lipinski definition) is 3. The second-order valence-electron chi connectivity index (χ2n) is 4.26. The van der Waals surface area contributed by atoms with Crippen LogP contribution in [0.15, 0.2) is 18.2 Å². The number of rotatable bonds is 4. The van der Waals surface area contributed by atoms with Crippen molar-refractivity contribution in [2.75, 3.05) is 25.1 Å². The number of methoxy groups -OCH3 is 1. The molecule has 1 heterocycles. The maximum Gasteiger partial charge on any atom is 0.307 e. The molecule has 17 heavy (non-hydrogen) atoms. The molecule has 0 atom stereocenters. The molecule has 1 N–H and O–H groups in total. The summed E-state index contributed by atoms with van der Waals surface area (Å²) in [4.78, 5) is 13.1. The summed E-state index contributed by atoms with van der Waals surface area (Å²) in [6.45, 7) is 2.11. The van der Waals surface area contributed by atoms with Crippen LogP contribution in [0.4, 0.5) is 5.69 Å². The summed E-state index contributed by atoms with van der Waals surface area (Å²) in [7, 11) is 1.57. The van der Waals surface area contributed by atoms with Crippen LogP contribution in [-0.4, -0.2) is 31.3 Å². The summed E-state index contributed by atoms with van der Waals surface area (Å²) in [6.07, 6.45) is 2.42. The van der Waals surface area contributed by atoms with Gasteiger partial charge >= 0.3 is 5.97 Å². The lowest BCUT2D eigenvalue weighted by atomic mass is 10.1. The van der Waals surface area contributed by atoms with Gasteiger partial charge < -0.3 is 14.7 Å². The molecule has 1 aliphatic heterocycles. The lowest BCUT2D eigenvalue weighted by Gasteiger charge is -2.19. The third-order valence-corrected chi connectivity index (χ3v) is 3.08. The summed E-state index contributed by atoms with van der Waals surface area (Å²) >= 11 is 0.